The molecule has 0 aromatic heterocycles. The Labute approximate surface area is 332 Å². The van der Waals surface area contributed by atoms with E-state index in [0.29, 0.717) is 17.5 Å². The topological polar surface area (TPSA) is 206 Å². The first kappa shape index (κ1) is 42.3. The minimum atomic E-state index is -1.26. The summed E-state index contributed by atoms with van der Waals surface area (Å²) in [6.07, 6.45) is 4.43. The monoisotopic (exact) mass is 780 g/mol. The predicted molar refractivity (Wildman–Crippen MR) is 211 cm³/mol. The SMILES string of the molecule is CCCC(NC(=O)[C@@H]1C[C@@H](OCc2ccccc2)CN1C(=O)C(NC(=O)c1ccccc1)C1CCCCC1)C(=O)C(=O)NCC(=O)NC(C(N)=O)c1ccccc1. The maximum Gasteiger partial charge on any atom is 0.290 e. The molecule has 57 heavy (non-hydrogen) atoms. The number of ether oxygens (including phenoxy) is 1. The zero-order valence-electron chi connectivity index (χ0n) is 32.2. The summed E-state index contributed by atoms with van der Waals surface area (Å²) in [6.45, 7) is 1.48. The number of nitrogens with two attached hydrogens (primary N) is 1. The number of carbonyl (C=O) groups is 7. The molecule has 6 amide bonds. The quantitative estimate of drug-likeness (QED) is 0.121. The Morgan fingerprint density at radius 3 is 2.07 bits per heavy atom. The lowest BCUT2D eigenvalue weighted by Crippen LogP contribution is -2.58. The van der Waals surface area contributed by atoms with Crippen molar-refractivity contribution >= 4 is 41.2 Å². The van der Waals surface area contributed by atoms with Crippen molar-refractivity contribution in [2.75, 3.05) is 13.1 Å². The Morgan fingerprint density at radius 1 is 0.807 bits per heavy atom. The van der Waals surface area contributed by atoms with Crippen LogP contribution in [0.2, 0.25) is 0 Å². The summed E-state index contributed by atoms with van der Waals surface area (Å²) in [5, 5.41) is 10.4. The van der Waals surface area contributed by atoms with Crippen molar-refractivity contribution < 1.29 is 38.3 Å². The Hall–Kier alpha value is -5.89. The van der Waals surface area contributed by atoms with Gasteiger partial charge in [-0.3, -0.25) is 33.6 Å². The van der Waals surface area contributed by atoms with E-state index in [1.807, 2.05) is 30.3 Å². The van der Waals surface area contributed by atoms with Crippen LogP contribution >= 0.6 is 0 Å². The second-order valence-corrected chi connectivity index (χ2v) is 14.6. The van der Waals surface area contributed by atoms with Crippen LogP contribution in [0.15, 0.2) is 91.0 Å². The van der Waals surface area contributed by atoms with E-state index >= 15 is 0 Å². The number of likely N-dealkylation sites (tertiary alicyclic amines) is 1. The van der Waals surface area contributed by atoms with Crippen LogP contribution in [0.3, 0.4) is 0 Å². The van der Waals surface area contributed by atoms with Gasteiger partial charge in [0.1, 0.15) is 18.1 Å². The van der Waals surface area contributed by atoms with Gasteiger partial charge in [0.25, 0.3) is 11.8 Å². The molecule has 3 aromatic rings. The molecule has 2 aliphatic rings. The number of hydrogen-bond donors (Lipinski definition) is 5. The molecule has 1 aliphatic heterocycles. The molecule has 3 aromatic carbocycles. The number of hydrogen-bond acceptors (Lipinski definition) is 8. The van der Waals surface area contributed by atoms with Gasteiger partial charge in [0.05, 0.1) is 25.3 Å². The zero-order chi connectivity index (χ0) is 40.7. The Morgan fingerprint density at radius 2 is 1.44 bits per heavy atom. The van der Waals surface area contributed by atoms with E-state index in [9.17, 15) is 33.6 Å². The fourth-order valence-corrected chi connectivity index (χ4v) is 7.45. The molecule has 302 valence electrons. The molecule has 0 radical (unpaired) electrons. The summed E-state index contributed by atoms with van der Waals surface area (Å²) in [5.41, 5.74) is 7.26. The van der Waals surface area contributed by atoms with Crippen LogP contribution in [0.1, 0.15) is 85.8 Å². The highest BCUT2D eigenvalue weighted by atomic mass is 16.5. The van der Waals surface area contributed by atoms with Crippen LogP contribution in [-0.4, -0.2) is 83.4 Å². The fourth-order valence-electron chi connectivity index (χ4n) is 7.45. The molecular formula is C43H52N6O8. The Kier molecular flexibility index (Phi) is 15.5. The van der Waals surface area contributed by atoms with Crippen molar-refractivity contribution in [1.82, 2.24) is 26.2 Å². The van der Waals surface area contributed by atoms with Crippen molar-refractivity contribution in [2.45, 2.75) is 95.2 Å². The van der Waals surface area contributed by atoms with E-state index in [2.05, 4.69) is 21.3 Å². The van der Waals surface area contributed by atoms with Crippen molar-refractivity contribution in [3.8, 4) is 0 Å². The minimum Gasteiger partial charge on any atom is -0.372 e. The number of rotatable bonds is 18. The number of nitrogens with one attached hydrogen (secondary N) is 4. The molecule has 14 nitrogen and oxygen atoms in total. The van der Waals surface area contributed by atoms with E-state index in [1.165, 1.54) is 4.90 Å². The first-order chi connectivity index (χ1) is 27.5. The minimum absolute atomic E-state index is 0.0748. The van der Waals surface area contributed by atoms with Gasteiger partial charge in [0.15, 0.2) is 0 Å². The molecule has 0 bridgehead atoms. The van der Waals surface area contributed by atoms with Crippen molar-refractivity contribution in [1.29, 1.82) is 0 Å². The largest absolute Gasteiger partial charge is 0.372 e. The van der Waals surface area contributed by atoms with E-state index in [4.69, 9.17) is 10.5 Å². The summed E-state index contributed by atoms with van der Waals surface area (Å²) in [5.74, 6) is -5.24. The number of primary amides is 1. The molecule has 5 atom stereocenters. The number of benzene rings is 3. The third-order valence-electron chi connectivity index (χ3n) is 10.5. The smallest absolute Gasteiger partial charge is 0.290 e. The van der Waals surface area contributed by atoms with Crippen LogP contribution < -0.4 is 27.0 Å². The summed E-state index contributed by atoms with van der Waals surface area (Å²) in [6, 6.07) is 22.1. The molecule has 1 saturated carbocycles. The van der Waals surface area contributed by atoms with Gasteiger partial charge in [-0.05, 0) is 48.4 Å². The van der Waals surface area contributed by atoms with Gasteiger partial charge in [0, 0.05) is 18.5 Å². The highest BCUT2D eigenvalue weighted by molar-refractivity contribution is 6.38. The van der Waals surface area contributed by atoms with E-state index in [-0.39, 0.29) is 31.9 Å². The van der Waals surface area contributed by atoms with Gasteiger partial charge >= 0.3 is 0 Å². The molecule has 0 spiro atoms. The van der Waals surface area contributed by atoms with Crippen molar-refractivity contribution in [2.24, 2.45) is 11.7 Å². The van der Waals surface area contributed by atoms with Gasteiger partial charge in [-0.15, -0.1) is 0 Å². The van der Waals surface area contributed by atoms with Crippen molar-refractivity contribution in [3.05, 3.63) is 108 Å². The number of amides is 6. The molecule has 1 saturated heterocycles. The van der Waals surface area contributed by atoms with Crippen LogP contribution in [0.4, 0.5) is 0 Å². The third-order valence-corrected chi connectivity index (χ3v) is 10.5. The molecule has 3 unspecified atom stereocenters. The zero-order valence-corrected chi connectivity index (χ0v) is 32.2. The second kappa shape index (κ2) is 20.9. The maximum atomic E-state index is 14.6. The Balaban J connectivity index is 1.30. The van der Waals surface area contributed by atoms with E-state index < -0.39 is 78.0 Å². The standard InChI is InChI=1S/C43H52N6O8/c1-2-15-33(38(51)42(55)45-25-35(50)47-36(39(44)52)29-18-9-4-10-19-29)46-41(54)34-24-32(57-27-28-16-7-3-8-17-28)26-49(34)43(56)37(30-20-11-5-12-21-30)48-40(53)31-22-13-6-14-23-31/h3-4,6-10,13-14,16-19,22-23,30,32-34,36-37H,2,5,11-12,15,20-21,24-27H2,1H3,(H2,44,52)(H,45,55)(H,46,54)(H,47,50)(H,48,53)/t32-,33?,34+,36?,37?/m1/s1. The predicted octanol–water partition coefficient (Wildman–Crippen LogP) is 2.86. The summed E-state index contributed by atoms with van der Waals surface area (Å²) in [7, 11) is 0. The molecule has 1 heterocycles. The molecular weight excluding hydrogens is 729 g/mol. The van der Waals surface area contributed by atoms with Crippen LogP contribution in [0.25, 0.3) is 0 Å². The summed E-state index contributed by atoms with van der Waals surface area (Å²) < 4.78 is 6.23. The van der Waals surface area contributed by atoms with Gasteiger partial charge in [-0.25, -0.2) is 0 Å². The number of carbonyl (C=O) groups excluding carboxylic acids is 7. The third kappa shape index (κ3) is 11.8. The average Bonchev–Trinajstić information content (AvgIpc) is 3.68. The average molecular weight is 781 g/mol. The number of Topliss-reactive ketones (excluding diaryl/α,β-unsaturated/α-hetero) is 1. The van der Waals surface area contributed by atoms with E-state index in [0.717, 1.165) is 37.7 Å². The van der Waals surface area contributed by atoms with Gasteiger partial charge in [0.2, 0.25) is 29.4 Å². The van der Waals surface area contributed by atoms with Crippen molar-refractivity contribution in [3.63, 3.8) is 0 Å². The first-order valence-electron chi connectivity index (χ1n) is 19.6. The van der Waals surface area contributed by atoms with Crippen LogP contribution in [0, 0.1) is 5.92 Å². The van der Waals surface area contributed by atoms with Crippen LogP contribution in [0.5, 0.6) is 0 Å². The summed E-state index contributed by atoms with van der Waals surface area (Å²) in [4.78, 5) is 95.0. The molecule has 14 heteroatoms. The highest BCUT2D eigenvalue weighted by Crippen LogP contribution is 2.30. The van der Waals surface area contributed by atoms with Gasteiger partial charge in [-0.2, -0.15) is 0 Å². The van der Waals surface area contributed by atoms with E-state index in [1.54, 1.807) is 67.6 Å². The molecule has 2 fully saturated rings. The molecule has 1 aliphatic carbocycles. The number of ketones is 1. The number of nitrogens with zero attached hydrogens (tertiary/aromatic N) is 1. The first-order valence-corrected chi connectivity index (χ1v) is 19.6. The maximum absolute atomic E-state index is 14.6. The highest BCUT2D eigenvalue weighted by Gasteiger charge is 2.45. The summed E-state index contributed by atoms with van der Waals surface area (Å²) >= 11 is 0. The molecule has 6 N–H and O–H groups in total. The molecule has 5 rings (SSSR count). The fraction of sp³-hybridized carbons (Fsp3) is 0.419. The van der Waals surface area contributed by atoms with Gasteiger partial charge in [-0.1, -0.05) is 111 Å². The lowest BCUT2D eigenvalue weighted by molar-refractivity contribution is -0.143. The Bertz CT molecular complexity index is 1850. The van der Waals surface area contributed by atoms with Gasteiger partial charge < -0.3 is 36.6 Å². The van der Waals surface area contributed by atoms with Crippen LogP contribution in [-0.2, 0) is 40.1 Å². The second-order valence-electron chi connectivity index (χ2n) is 14.6. The lowest BCUT2D eigenvalue weighted by Gasteiger charge is -2.35. The normalized spacial score (nSPS) is 18.4. The lowest BCUT2D eigenvalue weighted by atomic mass is 9.83.